The maximum atomic E-state index is 5.51. The Hall–Kier alpha value is -1.40. The van der Waals surface area contributed by atoms with E-state index in [-0.39, 0.29) is 0 Å². The smallest absolute Gasteiger partial charge is 0.158 e. The summed E-state index contributed by atoms with van der Waals surface area (Å²) in [6.45, 7) is 9.58. The van der Waals surface area contributed by atoms with E-state index in [2.05, 4.69) is 27.1 Å². The van der Waals surface area contributed by atoms with Gasteiger partial charge in [0.1, 0.15) is 18.2 Å². The second kappa shape index (κ2) is 8.79. The average Bonchev–Trinajstić information content (AvgIpc) is 2.80. The van der Waals surface area contributed by atoms with Gasteiger partial charge in [0.25, 0.3) is 0 Å². The van der Waals surface area contributed by atoms with E-state index >= 15 is 0 Å². The van der Waals surface area contributed by atoms with Crippen LogP contribution in [0.4, 0.5) is 11.6 Å². The molecular weight excluding hydrogens is 268 g/mol. The van der Waals surface area contributed by atoms with Crippen LogP contribution in [0.3, 0.4) is 0 Å². The van der Waals surface area contributed by atoms with Crippen LogP contribution < -0.4 is 10.2 Å². The van der Waals surface area contributed by atoms with Gasteiger partial charge >= 0.3 is 0 Å². The molecule has 0 aromatic carbocycles. The van der Waals surface area contributed by atoms with Crippen LogP contribution in [0.25, 0.3) is 0 Å². The molecule has 1 aromatic rings. The molecule has 2 heterocycles. The Morgan fingerprint density at radius 2 is 2.19 bits per heavy atom. The van der Waals surface area contributed by atoms with Gasteiger partial charge < -0.3 is 19.7 Å². The molecule has 0 atom stereocenters. The Morgan fingerprint density at radius 3 is 3.00 bits per heavy atom. The molecule has 2 rings (SSSR count). The van der Waals surface area contributed by atoms with Gasteiger partial charge in [-0.3, -0.25) is 0 Å². The Bertz CT molecular complexity index is 394. The summed E-state index contributed by atoms with van der Waals surface area (Å²) in [6, 6.07) is 2.02. The lowest BCUT2D eigenvalue weighted by molar-refractivity contribution is 0.128. The van der Waals surface area contributed by atoms with Crippen molar-refractivity contribution in [3.63, 3.8) is 0 Å². The third kappa shape index (κ3) is 5.13. The monoisotopic (exact) mass is 294 g/mol. The minimum absolute atomic E-state index is 0.454. The molecule has 1 aromatic heterocycles. The summed E-state index contributed by atoms with van der Waals surface area (Å²) >= 11 is 0. The fourth-order valence-corrected chi connectivity index (χ4v) is 2.22. The Kier molecular flexibility index (Phi) is 6.69. The molecule has 1 fully saturated rings. The van der Waals surface area contributed by atoms with Gasteiger partial charge in [-0.1, -0.05) is 6.92 Å². The van der Waals surface area contributed by atoms with Crippen LogP contribution in [0.5, 0.6) is 0 Å². The highest BCUT2D eigenvalue weighted by atomic mass is 16.5. The molecule has 1 aliphatic rings. The van der Waals surface area contributed by atoms with Crippen molar-refractivity contribution in [2.24, 2.45) is 0 Å². The normalized spacial score (nSPS) is 15.8. The first-order chi connectivity index (χ1) is 10.3. The molecule has 118 valence electrons. The van der Waals surface area contributed by atoms with Crippen LogP contribution in [0, 0.1) is 0 Å². The van der Waals surface area contributed by atoms with E-state index in [1.807, 2.05) is 13.0 Å². The number of anilines is 2. The Morgan fingerprint density at radius 1 is 1.29 bits per heavy atom. The maximum Gasteiger partial charge on any atom is 0.158 e. The zero-order valence-corrected chi connectivity index (χ0v) is 13.1. The second-order valence-corrected chi connectivity index (χ2v) is 5.04. The fourth-order valence-electron chi connectivity index (χ4n) is 2.22. The third-order valence-corrected chi connectivity index (χ3v) is 3.30. The highest BCUT2D eigenvalue weighted by molar-refractivity contribution is 5.49. The van der Waals surface area contributed by atoms with Crippen molar-refractivity contribution in [2.75, 3.05) is 49.7 Å². The first kappa shape index (κ1) is 16.0. The maximum absolute atomic E-state index is 5.51. The molecule has 0 spiro atoms. The van der Waals surface area contributed by atoms with Gasteiger partial charge in [0, 0.05) is 38.9 Å². The number of rotatable bonds is 7. The number of aromatic nitrogens is 2. The van der Waals surface area contributed by atoms with Crippen molar-refractivity contribution in [2.45, 2.75) is 33.3 Å². The van der Waals surface area contributed by atoms with E-state index in [1.54, 1.807) is 0 Å². The highest BCUT2D eigenvalue weighted by Crippen LogP contribution is 2.18. The quantitative estimate of drug-likeness (QED) is 0.830. The van der Waals surface area contributed by atoms with Crippen LogP contribution >= 0.6 is 0 Å². The van der Waals surface area contributed by atoms with Crippen molar-refractivity contribution >= 4 is 11.6 Å². The van der Waals surface area contributed by atoms with E-state index in [0.29, 0.717) is 13.2 Å². The van der Waals surface area contributed by atoms with Crippen LogP contribution in [0.15, 0.2) is 6.07 Å². The van der Waals surface area contributed by atoms with E-state index in [1.165, 1.54) is 0 Å². The number of nitrogens with zero attached hydrogens (tertiary/aromatic N) is 3. The molecule has 21 heavy (non-hydrogen) atoms. The minimum atomic E-state index is 0.454. The SMILES string of the molecule is CCCNc1cc(N2CCCOCC2)nc(COCC)n1. The van der Waals surface area contributed by atoms with Gasteiger partial charge in [-0.25, -0.2) is 9.97 Å². The Labute approximate surface area is 126 Å². The lowest BCUT2D eigenvalue weighted by Gasteiger charge is -2.22. The molecule has 0 saturated carbocycles. The van der Waals surface area contributed by atoms with Gasteiger partial charge in [-0.05, 0) is 19.8 Å². The minimum Gasteiger partial charge on any atom is -0.380 e. The van der Waals surface area contributed by atoms with Crippen molar-refractivity contribution in [3.05, 3.63) is 11.9 Å². The van der Waals surface area contributed by atoms with Crippen molar-refractivity contribution < 1.29 is 9.47 Å². The van der Waals surface area contributed by atoms with E-state index in [9.17, 15) is 0 Å². The van der Waals surface area contributed by atoms with Crippen LogP contribution in [0.1, 0.15) is 32.5 Å². The standard InChI is InChI=1S/C15H26N4O2/c1-3-6-16-13-11-15(18-14(17-13)12-20-4-2)19-7-5-9-21-10-8-19/h11H,3-10,12H2,1-2H3,(H,16,17,18). The predicted molar refractivity (Wildman–Crippen MR) is 83.8 cm³/mol. The van der Waals surface area contributed by atoms with Gasteiger partial charge in [0.2, 0.25) is 0 Å². The average molecular weight is 294 g/mol. The molecule has 0 aliphatic carbocycles. The number of nitrogens with one attached hydrogen (secondary N) is 1. The Balaban J connectivity index is 2.16. The fraction of sp³-hybridized carbons (Fsp3) is 0.733. The van der Waals surface area contributed by atoms with Gasteiger partial charge in [-0.15, -0.1) is 0 Å². The van der Waals surface area contributed by atoms with Crippen molar-refractivity contribution in [3.8, 4) is 0 Å². The molecule has 0 amide bonds. The first-order valence-electron chi connectivity index (χ1n) is 7.85. The lowest BCUT2D eigenvalue weighted by Crippen LogP contribution is -2.27. The summed E-state index contributed by atoms with van der Waals surface area (Å²) in [5, 5.41) is 3.34. The zero-order chi connectivity index (χ0) is 14.9. The van der Waals surface area contributed by atoms with Gasteiger partial charge in [0.05, 0.1) is 6.61 Å². The zero-order valence-electron chi connectivity index (χ0n) is 13.1. The third-order valence-electron chi connectivity index (χ3n) is 3.30. The molecule has 1 aliphatic heterocycles. The summed E-state index contributed by atoms with van der Waals surface area (Å²) in [7, 11) is 0. The molecule has 1 saturated heterocycles. The number of hydrogen-bond donors (Lipinski definition) is 1. The van der Waals surface area contributed by atoms with Crippen LogP contribution in [-0.2, 0) is 16.1 Å². The van der Waals surface area contributed by atoms with E-state index < -0.39 is 0 Å². The summed E-state index contributed by atoms with van der Waals surface area (Å²) in [5.74, 6) is 2.57. The summed E-state index contributed by atoms with van der Waals surface area (Å²) in [6.07, 6.45) is 2.10. The van der Waals surface area contributed by atoms with Crippen molar-refractivity contribution in [1.82, 2.24) is 9.97 Å². The molecule has 6 nitrogen and oxygen atoms in total. The largest absolute Gasteiger partial charge is 0.380 e. The molecule has 0 bridgehead atoms. The van der Waals surface area contributed by atoms with E-state index in [4.69, 9.17) is 9.47 Å². The predicted octanol–water partition coefficient (Wildman–Crippen LogP) is 2.06. The number of hydrogen-bond acceptors (Lipinski definition) is 6. The lowest BCUT2D eigenvalue weighted by atomic mass is 10.3. The highest BCUT2D eigenvalue weighted by Gasteiger charge is 2.14. The molecule has 6 heteroatoms. The van der Waals surface area contributed by atoms with Gasteiger partial charge in [-0.2, -0.15) is 0 Å². The molecule has 1 N–H and O–H groups in total. The van der Waals surface area contributed by atoms with Crippen LogP contribution in [-0.4, -0.2) is 49.4 Å². The second-order valence-electron chi connectivity index (χ2n) is 5.04. The first-order valence-corrected chi connectivity index (χ1v) is 7.85. The molecular formula is C15H26N4O2. The van der Waals surface area contributed by atoms with E-state index in [0.717, 1.165) is 63.1 Å². The van der Waals surface area contributed by atoms with Gasteiger partial charge in [0.15, 0.2) is 5.82 Å². The molecule has 0 radical (unpaired) electrons. The van der Waals surface area contributed by atoms with Crippen LogP contribution in [0.2, 0.25) is 0 Å². The van der Waals surface area contributed by atoms with Crippen molar-refractivity contribution in [1.29, 1.82) is 0 Å². The summed E-state index contributed by atoms with van der Waals surface area (Å²) in [4.78, 5) is 11.4. The molecule has 0 unspecified atom stereocenters. The topological polar surface area (TPSA) is 59.5 Å². The summed E-state index contributed by atoms with van der Waals surface area (Å²) < 4.78 is 11.0. The summed E-state index contributed by atoms with van der Waals surface area (Å²) in [5.41, 5.74) is 0. The number of ether oxygens (including phenoxy) is 2.